The minimum atomic E-state index is -3.14. The fourth-order valence-corrected chi connectivity index (χ4v) is 2.50. The molecule has 0 atom stereocenters. The molecule has 0 fully saturated rings. The number of rotatable bonds is 5. The number of aryl methyl sites for hydroxylation is 3. The summed E-state index contributed by atoms with van der Waals surface area (Å²) in [6.45, 7) is 2.81. The van der Waals surface area contributed by atoms with Crippen LogP contribution in [0.4, 0.5) is 0 Å². The van der Waals surface area contributed by atoms with Crippen LogP contribution >= 0.6 is 0 Å². The molecule has 0 amide bonds. The summed E-state index contributed by atoms with van der Waals surface area (Å²) in [7, 11) is -3.14. The third kappa shape index (κ3) is 3.64. The molecule has 2 aromatic rings. The average molecular weight is 279 g/mol. The Labute approximate surface area is 113 Å². The zero-order chi connectivity index (χ0) is 13.9. The second-order valence-electron chi connectivity index (χ2n) is 4.49. The van der Waals surface area contributed by atoms with Crippen LogP contribution in [0.25, 0.3) is 0 Å². The smallest absolute Gasteiger partial charge is 0.175 e. The van der Waals surface area contributed by atoms with Crippen molar-refractivity contribution < 1.29 is 8.42 Å². The maximum Gasteiger partial charge on any atom is 0.175 e. The van der Waals surface area contributed by atoms with Crippen LogP contribution in [0.15, 0.2) is 35.4 Å². The minimum absolute atomic E-state index is 0.363. The van der Waals surface area contributed by atoms with Gasteiger partial charge in [0.1, 0.15) is 0 Å². The van der Waals surface area contributed by atoms with E-state index in [1.807, 2.05) is 19.2 Å². The molecule has 0 saturated heterocycles. The molecule has 5 nitrogen and oxygen atoms in total. The predicted molar refractivity (Wildman–Crippen MR) is 72.7 cm³/mol. The first-order valence-corrected chi connectivity index (χ1v) is 8.06. The summed E-state index contributed by atoms with van der Waals surface area (Å²) >= 11 is 0. The molecule has 0 unspecified atom stereocenters. The van der Waals surface area contributed by atoms with Gasteiger partial charge in [-0.1, -0.05) is 17.3 Å². The van der Waals surface area contributed by atoms with Gasteiger partial charge in [-0.25, -0.2) is 8.42 Å². The van der Waals surface area contributed by atoms with E-state index in [1.54, 1.807) is 22.9 Å². The standard InChI is InChI=1S/C13H17N3O2S/c1-3-16-10-12(14-15-16)8-7-11-5-4-6-13(9-11)19(2,17)18/h4-6,9-10H,3,7-8H2,1-2H3. The average Bonchev–Trinajstić information content (AvgIpc) is 2.84. The molecule has 19 heavy (non-hydrogen) atoms. The Balaban J connectivity index is 2.07. The summed E-state index contributed by atoms with van der Waals surface area (Å²) in [5.41, 5.74) is 1.92. The summed E-state index contributed by atoms with van der Waals surface area (Å²) < 4.78 is 24.7. The first-order chi connectivity index (χ1) is 8.99. The van der Waals surface area contributed by atoms with E-state index in [0.717, 1.165) is 30.6 Å². The van der Waals surface area contributed by atoms with E-state index in [2.05, 4.69) is 10.3 Å². The molecule has 0 spiro atoms. The number of aromatic nitrogens is 3. The SMILES string of the molecule is CCn1cc(CCc2cccc(S(C)(=O)=O)c2)nn1. The third-order valence-electron chi connectivity index (χ3n) is 2.91. The van der Waals surface area contributed by atoms with E-state index in [4.69, 9.17) is 0 Å². The molecule has 1 aromatic carbocycles. The van der Waals surface area contributed by atoms with E-state index in [-0.39, 0.29) is 0 Å². The molecule has 1 heterocycles. The Kier molecular flexibility index (Phi) is 3.99. The second-order valence-corrected chi connectivity index (χ2v) is 6.50. The first kappa shape index (κ1) is 13.7. The molecule has 0 aliphatic rings. The molecule has 6 heteroatoms. The normalized spacial score (nSPS) is 11.7. The van der Waals surface area contributed by atoms with Gasteiger partial charge in [-0.15, -0.1) is 5.10 Å². The summed E-state index contributed by atoms with van der Waals surface area (Å²) in [6.07, 6.45) is 4.65. The molecule has 0 aliphatic heterocycles. The van der Waals surface area contributed by atoms with Gasteiger partial charge in [0, 0.05) is 19.0 Å². The Morgan fingerprint density at radius 2 is 2.05 bits per heavy atom. The Hall–Kier alpha value is -1.69. The summed E-state index contributed by atoms with van der Waals surface area (Å²) in [6, 6.07) is 7.04. The summed E-state index contributed by atoms with van der Waals surface area (Å²) in [5.74, 6) is 0. The zero-order valence-corrected chi connectivity index (χ0v) is 11.9. The van der Waals surface area contributed by atoms with Crippen LogP contribution in [-0.2, 0) is 29.2 Å². The van der Waals surface area contributed by atoms with Gasteiger partial charge in [-0.2, -0.15) is 0 Å². The molecule has 0 N–H and O–H groups in total. The van der Waals surface area contributed by atoms with Crippen molar-refractivity contribution in [3.05, 3.63) is 41.7 Å². The molecule has 0 radical (unpaired) electrons. The monoisotopic (exact) mass is 279 g/mol. The Bertz CT molecular complexity index is 662. The highest BCUT2D eigenvalue weighted by molar-refractivity contribution is 7.90. The Morgan fingerprint density at radius 3 is 2.68 bits per heavy atom. The Morgan fingerprint density at radius 1 is 1.26 bits per heavy atom. The lowest BCUT2D eigenvalue weighted by atomic mass is 10.1. The maximum atomic E-state index is 11.5. The van der Waals surface area contributed by atoms with Crippen molar-refractivity contribution in [2.45, 2.75) is 31.2 Å². The number of hydrogen-bond acceptors (Lipinski definition) is 4. The lowest BCUT2D eigenvalue weighted by Crippen LogP contribution is -1.99. The molecule has 102 valence electrons. The van der Waals surface area contributed by atoms with Gasteiger partial charge >= 0.3 is 0 Å². The third-order valence-corrected chi connectivity index (χ3v) is 4.02. The lowest BCUT2D eigenvalue weighted by Gasteiger charge is -2.02. The first-order valence-electron chi connectivity index (χ1n) is 6.17. The van der Waals surface area contributed by atoms with Gasteiger partial charge in [0.15, 0.2) is 9.84 Å². The van der Waals surface area contributed by atoms with Gasteiger partial charge in [0.2, 0.25) is 0 Å². The minimum Gasteiger partial charge on any atom is -0.253 e. The van der Waals surface area contributed by atoms with Gasteiger partial charge in [0.25, 0.3) is 0 Å². The molecule has 1 aromatic heterocycles. The van der Waals surface area contributed by atoms with Crippen LogP contribution < -0.4 is 0 Å². The predicted octanol–water partition coefficient (Wildman–Crippen LogP) is 1.49. The summed E-state index contributed by atoms with van der Waals surface area (Å²) in [5, 5.41) is 8.04. The van der Waals surface area contributed by atoms with Gasteiger partial charge in [-0.3, -0.25) is 4.68 Å². The summed E-state index contributed by atoms with van der Waals surface area (Å²) in [4.78, 5) is 0.363. The van der Waals surface area contributed by atoms with E-state index >= 15 is 0 Å². The number of nitrogens with zero attached hydrogens (tertiary/aromatic N) is 3. The van der Waals surface area contributed by atoms with Crippen molar-refractivity contribution in [2.75, 3.05) is 6.26 Å². The van der Waals surface area contributed by atoms with Gasteiger partial charge in [0.05, 0.1) is 10.6 Å². The van der Waals surface area contributed by atoms with Crippen molar-refractivity contribution >= 4 is 9.84 Å². The van der Waals surface area contributed by atoms with Crippen LogP contribution in [0.5, 0.6) is 0 Å². The molecule has 0 bridgehead atoms. The molecule has 0 aliphatic carbocycles. The van der Waals surface area contributed by atoms with E-state index < -0.39 is 9.84 Å². The van der Waals surface area contributed by atoms with Crippen molar-refractivity contribution in [3.63, 3.8) is 0 Å². The maximum absolute atomic E-state index is 11.5. The number of benzene rings is 1. The highest BCUT2D eigenvalue weighted by atomic mass is 32.2. The van der Waals surface area contributed by atoms with Crippen LogP contribution in [-0.4, -0.2) is 29.7 Å². The highest BCUT2D eigenvalue weighted by Crippen LogP contribution is 2.13. The van der Waals surface area contributed by atoms with Crippen LogP contribution in [0.1, 0.15) is 18.2 Å². The second kappa shape index (κ2) is 5.52. The fraction of sp³-hybridized carbons (Fsp3) is 0.385. The largest absolute Gasteiger partial charge is 0.253 e. The van der Waals surface area contributed by atoms with Gasteiger partial charge in [-0.05, 0) is 37.5 Å². The van der Waals surface area contributed by atoms with Crippen molar-refractivity contribution in [3.8, 4) is 0 Å². The van der Waals surface area contributed by atoms with Gasteiger partial charge < -0.3 is 0 Å². The fourth-order valence-electron chi connectivity index (χ4n) is 1.81. The van der Waals surface area contributed by atoms with Crippen molar-refractivity contribution in [1.29, 1.82) is 0 Å². The lowest BCUT2D eigenvalue weighted by molar-refractivity contribution is 0.601. The van der Waals surface area contributed by atoms with E-state index in [0.29, 0.717) is 4.90 Å². The van der Waals surface area contributed by atoms with Crippen LogP contribution in [0.3, 0.4) is 0 Å². The van der Waals surface area contributed by atoms with E-state index in [1.165, 1.54) is 6.26 Å². The molecule has 2 rings (SSSR count). The van der Waals surface area contributed by atoms with Crippen molar-refractivity contribution in [1.82, 2.24) is 15.0 Å². The topological polar surface area (TPSA) is 64.8 Å². The van der Waals surface area contributed by atoms with Crippen LogP contribution in [0.2, 0.25) is 0 Å². The number of hydrogen-bond donors (Lipinski definition) is 0. The van der Waals surface area contributed by atoms with E-state index in [9.17, 15) is 8.42 Å². The quantitative estimate of drug-likeness (QED) is 0.831. The number of sulfone groups is 1. The highest BCUT2D eigenvalue weighted by Gasteiger charge is 2.07. The molecule has 0 saturated carbocycles. The zero-order valence-electron chi connectivity index (χ0n) is 11.1. The molecular formula is C13H17N3O2S. The molecular weight excluding hydrogens is 262 g/mol. The van der Waals surface area contributed by atoms with Crippen LogP contribution in [0, 0.1) is 0 Å². The van der Waals surface area contributed by atoms with Crippen molar-refractivity contribution in [2.24, 2.45) is 0 Å².